The summed E-state index contributed by atoms with van der Waals surface area (Å²) >= 11 is 5.55. The van der Waals surface area contributed by atoms with Gasteiger partial charge in [-0.1, -0.05) is 23.7 Å². The number of alkyl halides is 3. The van der Waals surface area contributed by atoms with Crippen molar-refractivity contribution < 1.29 is 32.4 Å². The molecule has 2 aromatic carbocycles. The van der Waals surface area contributed by atoms with Crippen LogP contribution in [-0.4, -0.2) is 23.4 Å². The van der Waals surface area contributed by atoms with Gasteiger partial charge in [0.2, 0.25) is 0 Å². The maximum absolute atomic E-state index is 13.0. The van der Waals surface area contributed by atoms with Crippen LogP contribution >= 0.6 is 11.6 Å². The van der Waals surface area contributed by atoms with Crippen molar-refractivity contribution in [1.82, 2.24) is 0 Å². The zero-order chi connectivity index (χ0) is 21.1. The van der Waals surface area contributed by atoms with Crippen LogP contribution in [0, 0.1) is 17.0 Å². The molecule has 2 aromatic rings. The van der Waals surface area contributed by atoms with Crippen LogP contribution in [0.2, 0.25) is 5.02 Å². The molecular weight excluding hydrogens is 405 g/mol. The lowest BCUT2D eigenvalue weighted by Crippen LogP contribution is -2.23. The summed E-state index contributed by atoms with van der Waals surface area (Å²) in [5.41, 5.74) is -2.39. The second-order valence-corrected chi connectivity index (χ2v) is 5.98. The fraction of sp³-hybridized carbons (Fsp3) is 0.176. The van der Waals surface area contributed by atoms with Gasteiger partial charge in [0.25, 0.3) is 11.6 Å². The number of nitro groups is 1. The van der Waals surface area contributed by atoms with Gasteiger partial charge in [0.15, 0.2) is 6.61 Å². The average molecular weight is 417 g/mol. The monoisotopic (exact) mass is 416 g/mol. The molecule has 148 valence electrons. The lowest BCUT2D eigenvalue weighted by atomic mass is 10.1. The minimum absolute atomic E-state index is 0.177. The summed E-state index contributed by atoms with van der Waals surface area (Å²) < 4.78 is 43.7. The molecule has 0 aromatic heterocycles. The highest BCUT2D eigenvalue weighted by atomic mass is 35.5. The highest BCUT2D eigenvalue weighted by Gasteiger charge is 2.34. The van der Waals surface area contributed by atoms with E-state index in [-0.39, 0.29) is 16.1 Å². The number of benzene rings is 2. The van der Waals surface area contributed by atoms with Gasteiger partial charge in [-0.05, 0) is 31.2 Å². The van der Waals surface area contributed by atoms with Gasteiger partial charge in [0, 0.05) is 10.6 Å². The third kappa shape index (κ3) is 4.97. The first-order chi connectivity index (χ1) is 13.0. The lowest BCUT2D eigenvalue weighted by Gasteiger charge is -2.14. The summed E-state index contributed by atoms with van der Waals surface area (Å²) in [7, 11) is 0. The van der Waals surface area contributed by atoms with Crippen molar-refractivity contribution in [2.45, 2.75) is 13.1 Å². The molecule has 7 nitrogen and oxygen atoms in total. The van der Waals surface area contributed by atoms with Crippen molar-refractivity contribution >= 4 is 34.9 Å². The van der Waals surface area contributed by atoms with Crippen LogP contribution in [0.3, 0.4) is 0 Å². The van der Waals surface area contributed by atoms with E-state index in [1.807, 2.05) is 5.32 Å². The molecule has 1 N–H and O–H groups in total. The summed E-state index contributed by atoms with van der Waals surface area (Å²) in [5.74, 6) is -2.21. The summed E-state index contributed by atoms with van der Waals surface area (Å²) in [5, 5.41) is 12.9. The molecule has 0 aliphatic heterocycles. The quantitative estimate of drug-likeness (QED) is 0.443. The van der Waals surface area contributed by atoms with Crippen molar-refractivity contribution in [3.05, 3.63) is 68.2 Å². The van der Waals surface area contributed by atoms with Crippen molar-refractivity contribution in [3.8, 4) is 0 Å². The zero-order valence-electron chi connectivity index (χ0n) is 14.2. The molecule has 11 heteroatoms. The molecule has 1 amide bonds. The minimum atomic E-state index is -4.77. The van der Waals surface area contributed by atoms with Crippen LogP contribution < -0.4 is 5.32 Å². The number of rotatable bonds is 5. The second-order valence-electron chi connectivity index (χ2n) is 5.54. The molecule has 2 rings (SSSR count). The number of nitro benzene ring substituents is 1. The number of ether oxygens (including phenoxy) is 1. The predicted octanol–water partition coefficient (Wildman–Crippen LogP) is 4.37. The Morgan fingerprint density at radius 3 is 2.54 bits per heavy atom. The number of para-hydroxylation sites is 1. The summed E-state index contributed by atoms with van der Waals surface area (Å²) in [6, 6.07) is 6.69. The summed E-state index contributed by atoms with van der Waals surface area (Å²) in [6.07, 6.45) is -4.77. The number of halogens is 4. The van der Waals surface area contributed by atoms with Crippen LogP contribution in [0.1, 0.15) is 21.5 Å². The number of hydrogen-bond acceptors (Lipinski definition) is 5. The highest BCUT2D eigenvalue weighted by Crippen LogP contribution is 2.36. The molecule has 0 atom stereocenters. The van der Waals surface area contributed by atoms with Gasteiger partial charge >= 0.3 is 12.1 Å². The molecule has 0 saturated heterocycles. The van der Waals surface area contributed by atoms with E-state index in [2.05, 4.69) is 0 Å². The molecule has 0 unspecified atom stereocenters. The number of nitrogens with one attached hydrogen (secondary N) is 1. The molecule has 0 radical (unpaired) electrons. The van der Waals surface area contributed by atoms with Gasteiger partial charge in [-0.2, -0.15) is 13.2 Å². The first-order valence-electron chi connectivity index (χ1n) is 7.58. The molecular formula is C17H12ClF3N2O5. The second kappa shape index (κ2) is 8.26. The molecule has 0 aliphatic carbocycles. The van der Waals surface area contributed by atoms with Crippen LogP contribution in [0.25, 0.3) is 0 Å². The van der Waals surface area contributed by atoms with E-state index < -0.39 is 46.5 Å². The number of carbonyl (C=O) groups is 2. The molecule has 28 heavy (non-hydrogen) atoms. The van der Waals surface area contributed by atoms with E-state index in [1.165, 1.54) is 19.1 Å². The smallest absolute Gasteiger partial charge is 0.418 e. The third-order valence-electron chi connectivity index (χ3n) is 3.54. The van der Waals surface area contributed by atoms with Gasteiger partial charge in [0.1, 0.15) is 5.56 Å². The van der Waals surface area contributed by atoms with Gasteiger partial charge in [0.05, 0.1) is 16.2 Å². The average Bonchev–Trinajstić information content (AvgIpc) is 2.59. The Morgan fingerprint density at radius 1 is 1.25 bits per heavy atom. The van der Waals surface area contributed by atoms with E-state index in [4.69, 9.17) is 16.3 Å². The van der Waals surface area contributed by atoms with Crippen LogP contribution in [0.5, 0.6) is 0 Å². The Morgan fingerprint density at radius 2 is 1.93 bits per heavy atom. The number of carbonyl (C=O) groups excluding carboxylic acids is 2. The Labute approximate surface area is 161 Å². The molecule has 0 spiro atoms. The number of aryl methyl sites for hydroxylation is 1. The Balaban J connectivity index is 2.12. The molecule has 0 heterocycles. The number of anilines is 1. The van der Waals surface area contributed by atoms with Crippen LogP contribution in [-0.2, 0) is 15.7 Å². The number of nitrogens with zero attached hydrogens (tertiary/aromatic N) is 1. The highest BCUT2D eigenvalue weighted by molar-refractivity contribution is 6.30. The van der Waals surface area contributed by atoms with E-state index >= 15 is 0 Å². The largest absolute Gasteiger partial charge is 0.452 e. The standard InChI is InChI=1S/C17H12ClF3N2O5/c1-9-3-2-4-11(15(9)23(26)27)16(25)28-8-14(24)22-13-6-5-10(18)7-12(13)17(19,20)21/h2-7H,8H2,1H3,(H,22,24). The van der Waals surface area contributed by atoms with E-state index in [9.17, 15) is 32.9 Å². The first-order valence-corrected chi connectivity index (χ1v) is 7.96. The maximum atomic E-state index is 13.0. The Bertz CT molecular complexity index is 947. The predicted molar refractivity (Wildman–Crippen MR) is 93.2 cm³/mol. The SMILES string of the molecule is Cc1cccc(C(=O)OCC(=O)Nc2ccc(Cl)cc2C(F)(F)F)c1[N+](=O)[O-]. The number of hydrogen-bond donors (Lipinski definition) is 1. The number of esters is 1. The lowest BCUT2D eigenvalue weighted by molar-refractivity contribution is -0.385. The van der Waals surface area contributed by atoms with Gasteiger partial charge < -0.3 is 10.1 Å². The van der Waals surface area contributed by atoms with E-state index in [0.29, 0.717) is 6.07 Å². The first kappa shape index (κ1) is 21.2. The molecule has 0 fully saturated rings. The fourth-order valence-electron chi connectivity index (χ4n) is 2.32. The normalized spacial score (nSPS) is 11.0. The van der Waals surface area contributed by atoms with Crippen molar-refractivity contribution in [2.24, 2.45) is 0 Å². The Kier molecular flexibility index (Phi) is 6.24. The van der Waals surface area contributed by atoms with Crippen molar-refractivity contribution in [2.75, 3.05) is 11.9 Å². The Hall–Kier alpha value is -3.14. The number of amides is 1. The minimum Gasteiger partial charge on any atom is -0.452 e. The summed E-state index contributed by atoms with van der Waals surface area (Å²) in [6.45, 7) is 0.477. The molecule has 0 aliphatic rings. The third-order valence-corrected chi connectivity index (χ3v) is 3.77. The van der Waals surface area contributed by atoms with Gasteiger partial charge in [-0.25, -0.2) is 4.79 Å². The van der Waals surface area contributed by atoms with Crippen molar-refractivity contribution in [3.63, 3.8) is 0 Å². The zero-order valence-corrected chi connectivity index (χ0v) is 14.9. The van der Waals surface area contributed by atoms with Gasteiger partial charge in [-0.15, -0.1) is 0 Å². The topological polar surface area (TPSA) is 98.5 Å². The van der Waals surface area contributed by atoms with E-state index in [1.54, 1.807) is 0 Å². The van der Waals surface area contributed by atoms with Crippen molar-refractivity contribution in [1.29, 1.82) is 0 Å². The maximum Gasteiger partial charge on any atom is 0.418 e. The summed E-state index contributed by atoms with van der Waals surface area (Å²) in [4.78, 5) is 34.2. The van der Waals surface area contributed by atoms with Gasteiger partial charge in [-0.3, -0.25) is 14.9 Å². The fourth-order valence-corrected chi connectivity index (χ4v) is 2.49. The molecule has 0 saturated carbocycles. The van der Waals surface area contributed by atoms with Crippen LogP contribution in [0.4, 0.5) is 24.5 Å². The van der Waals surface area contributed by atoms with E-state index in [0.717, 1.165) is 18.2 Å². The molecule has 0 bridgehead atoms. The van der Waals surface area contributed by atoms with Crippen LogP contribution in [0.15, 0.2) is 36.4 Å².